The van der Waals surface area contributed by atoms with Crippen molar-refractivity contribution in [1.82, 2.24) is 4.31 Å². The van der Waals surface area contributed by atoms with Crippen LogP contribution in [0.3, 0.4) is 0 Å². The minimum atomic E-state index is -3.61. The monoisotopic (exact) mass is 296 g/mol. The second kappa shape index (κ2) is 5.58. The lowest BCUT2D eigenvalue weighted by Gasteiger charge is -2.34. The maximum Gasteiger partial charge on any atom is 0.244 e. The molecule has 0 aliphatic rings. The number of nitrogens with two attached hydrogens (primary N) is 1. The SMILES string of the molecule is C=CCN(C(C)(C)C)S(=O)(=O)c1cc(C)cc(N)c1C. The van der Waals surface area contributed by atoms with E-state index in [2.05, 4.69) is 6.58 Å². The number of rotatable bonds is 4. The minimum Gasteiger partial charge on any atom is -0.398 e. The van der Waals surface area contributed by atoms with Gasteiger partial charge < -0.3 is 5.73 Å². The van der Waals surface area contributed by atoms with Crippen molar-refractivity contribution in [3.05, 3.63) is 35.9 Å². The van der Waals surface area contributed by atoms with E-state index >= 15 is 0 Å². The van der Waals surface area contributed by atoms with E-state index in [1.807, 2.05) is 27.7 Å². The van der Waals surface area contributed by atoms with E-state index in [0.717, 1.165) is 5.56 Å². The van der Waals surface area contributed by atoms with Crippen LogP contribution in [0.2, 0.25) is 0 Å². The van der Waals surface area contributed by atoms with E-state index in [-0.39, 0.29) is 11.4 Å². The van der Waals surface area contributed by atoms with Gasteiger partial charge in [0, 0.05) is 17.8 Å². The third-order valence-electron chi connectivity index (χ3n) is 3.16. The van der Waals surface area contributed by atoms with Gasteiger partial charge in [-0.05, 0) is 57.9 Å². The molecule has 0 bridgehead atoms. The normalized spacial score (nSPS) is 12.7. The van der Waals surface area contributed by atoms with Gasteiger partial charge in [-0.2, -0.15) is 4.31 Å². The Hall–Kier alpha value is -1.33. The number of aryl methyl sites for hydroxylation is 1. The Bertz CT molecular complexity index is 613. The summed E-state index contributed by atoms with van der Waals surface area (Å²) in [6.07, 6.45) is 1.59. The fourth-order valence-electron chi connectivity index (χ4n) is 2.09. The first kappa shape index (κ1) is 16.7. The lowest BCUT2D eigenvalue weighted by atomic mass is 10.1. The van der Waals surface area contributed by atoms with Gasteiger partial charge in [0.1, 0.15) is 0 Å². The number of anilines is 1. The van der Waals surface area contributed by atoms with Crippen molar-refractivity contribution >= 4 is 15.7 Å². The predicted molar refractivity (Wildman–Crippen MR) is 84.2 cm³/mol. The van der Waals surface area contributed by atoms with Gasteiger partial charge in [0.15, 0.2) is 0 Å². The number of sulfonamides is 1. The molecule has 0 fully saturated rings. The molecule has 0 aliphatic carbocycles. The Morgan fingerprint density at radius 2 is 1.85 bits per heavy atom. The highest BCUT2D eigenvalue weighted by Crippen LogP contribution is 2.29. The molecule has 0 aliphatic heterocycles. The second-order valence-electron chi connectivity index (χ2n) is 5.97. The molecule has 0 atom stereocenters. The van der Waals surface area contributed by atoms with E-state index in [1.165, 1.54) is 4.31 Å². The summed E-state index contributed by atoms with van der Waals surface area (Å²) >= 11 is 0. The summed E-state index contributed by atoms with van der Waals surface area (Å²) in [5.74, 6) is 0. The van der Waals surface area contributed by atoms with Crippen LogP contribution in [0.5, 0.6) is 0 Å². The smallest absolute Gasteiger partial charge is 0.244 e. The van der Waals surface area contributed by atoms with Crippen LogP contribution in [-0.2, 0) is 10.0 Å². The first-order valence-electron chi connectivity index (χ1n) is 6.52. The predicted octanol–water partition coefficient (Wildman–Crippen LogP) is 2.86. The molecule has 0 saturated heterocycles. The van der Waals surface area contributed by atoms with Crippen LogP contribution in [0, 0.1) is 13.8 Å². The van der Waals surface area contributed by atoms with Crippen LogP contribution in [-0.4, -0.2) is 24.8 Å². The summed E-state index contributed by atoms with van der Waals surface area (Å²) in [5.41, 5.74) is 7.29. The summed E-state index contributed by atoms with van der Waals surface area (Å²) in [7, 11) is -3.61. The van der Waals surface area contributed by atoms with E-state index in [1.54, 1.807) is 25.1 Å². The molecular weight excluding hydrogens is 272 g/mol. The maximum atomic E-state index is 12.9. The number of hydrogen-bond donors (Lipinski definition) is 1. The lowest BCUT2D eigenvalue weighted by Crippen LogP contribution is -2.45. The summed E-state index contributed by atoms with van der Waals surface area (Å²) < 4.78 is 27.3. The third-order valence-corrected chi connectivity index (χ3v) is 5.41. The van der Waals surface area contributed by atoms with Crippen LogP contribution >= 0.6 is 0 Å². The summed E-state index contributed by atoms with van der Waals surface area (Å²) in [4.78, 5) is 0.270. The van der Waals surface area contributed by atoms with Gasteiger partial charge in [0.05, 0.1) is 4.90 Å². The molecular formula is C15H24N2O2S. The Morgan fingerprint density at radius 1 is 1.30 bits per heavy atom. The van der Waals surface area contributed by atoms with Crippen molar-refractivity contribution in [2.75, 3.05) is 12.3 Å². The van der Waals surface area contributed by atoms with Gasteiger partial charge >= 0.3 is 0 Å². The number of nitrogen functional groups attached to an aromatic ring is 1. The molecule has 112 valence electrons. The maximum absolute atomic E-state index is 12.9. The van der Waals surface area contributed by atoms with Crippen LogP contribution in [0.15, 0.2) is 29.7 Å². The standard InChI is InChI=1S/C15H24N2O2S/c1-7-8-17(15(4,5)6)20(18,19)14-10-11(2)9-13(16)12(14)3/h7,9-10H,1,8,16H2,2-6H3. The van der Waals surface area contributed by atoms with Crippen molar-refractivity contribution in [3.63, 3.8) is 0 Å². The molecule has 5 heteroatoms. The molecule has 0 spiro atoms. The molecule has 0 radical (unpaired) electrons. The van der Waals surface area contributed by atoms with Crippen molar-refractivity contribution in [1.29, 1.82) is 0 Å². The molecule has 2 N–H and O–H groups in total. The third kappa shape index (κ3) is 3.22. The summed E-state index contributed by atoms with van der Waals surface area (Å²) in [5, 5.41) is 0. The van der Waals surface area contributed by atoms with Gasteiger partial charge in [-0.15, -0.1) is 6.58 Å². The Balaban J connectivity index is 3.53. The molecule has 1 aromatic carbocycles. The fraction of sp³-hybridized carbons (Fsp3) is 0.467. The highest BCUT2D eigenvalue weighted by atomic mass is 32.2. The Kier molecular flexibility index (Phi) is 4.66. The van der Waals surface area contributed by atoms with Gasteiger partial charge in [0.2, 0.25) is 10.0 Å². The second-order valence-corrected chi connectivity index (χ2v) is 7.80. The fourth-order valence-corrected chi connectivity index (χ4v) is 4.19. The molecule has 4 nitrogen and oxygen atoms in total. The number of nitrogens with zero attached hydrogens (tertiary/aromatic N) is 1. The van der Waals surface area contributed by atoms with Crippen LogP contribution in [0.25, 0.3) is 0 Å². The molecule has 1 aromatic rings. The van der Waals surface area contributed by atoms with E-state index < -0.39 is 15.6 Å². The summed E-state index contributed by atoms with van der Waals surface area (Å²) in [6.45, 7) is 13.1. The zero-order chi connectivity index (χ0) is 15.7. The van der Waals surface area contributed by atoms with Crippen LogP contribution < -0.4 is 5.73 Å². The topological polar surface area (TPSA) is 63.4 Å². The number of hydrogen-bond acceptors (Lipinski definition) is 3. The van der Waals surface area contributed by atoms with Crippen molar-refractivity contribution < 1.29 is 8.42 Å². The molecule has 0 aromatic heterocycles. The van der Waals surface area contributed by atoms with Crippen molar-refractivity contribution in [2.45, 2.75) is 45.1 Å². The first-order valence-corrected chi connectivity index (χ1v) is 7.96. The van der Waals surface area contributed by atoms with Gasteiger partial charge in [0.25, 0.3) is 0 Å². The van der Waals surface area contributed by atoms with Gasteiger partial charge in [-0.3, -0.25) is 0 Å². The highest BCUT2D eigenvalue weighted by molar-refractivity contribution is 7.89. The first-order chi connectivity index (χ1) is 9.01. The quantitative estimate of drug-likeness (QED) is 0.686. The summed E-state index contributed by atoms with van der Waals surface area (Å²) in [6, 6.07) is 3.45. The highest BCUT2D eigenvalue weighted by Gasteiger charge is 2.34. The average Bonchev–Trinajstić information content (AvgIpc) is 2.28. The molecule has 0 heterocycles. The lowest BCUT2D eigenvalue weighted by molar-refractivity contribution is 0.269. The molecule has 0 unspecified atom stereocenters. The van der Waals surface area contributed by atoms with Crippen LogP contribution in [0.4, 0.5) is 5.69 Å². The van der Waals surface area contributed by atoms with Crippen LogP contribution in [0.1, 0.15) is 31.9 Å². The minimum absolute atomic E-state index is 0.263. The van der Waals surface area contributed by atoms with Gasteiger partial charge in [-0.1, -0.05) is 6.08 Å². The molecule has 20 heavy (non-hydrogen) atoms. The Morgan fingerprint density at radius 3 is 2.30 bits per heavy atom. The van der Waals surface area contributed by atoms with E-state index in [9.17, 15) is 8.42 Å². The van der Waals surface area contributed by atoms with Gasteiger partial charge in [-0.25, -0.2) is 8.42 Å². The van der Waals surface area contributed by atoms with Crippen molar-refractivity contribution in [3.8, 4) is 0 Å². The molecule has 0 amide bonds. The Labute approximate surface area is 122 Å². The van der Waals surface area contributed by atoms with Crippen molar-refractivity contribution in [2.24, 2.45) is 0 Å². The molecule has 0 saturated carbocycles. The largest absolute Gasteiger partial charge is 0.398 e. The zero-order valence-electron chi connectivity index (χ0n) is 12.9. The van der Waals surface area contributed by atoms with E-state index in [0.29, 0.717) is 11.3 Å². The average molecular weight is 296 g/mol. The molecule has 1 rings (SSSR count). The zero-order valence-corrected chi connectivity index (χ0v) is 13.7. The number of benzene rings is 1. The van der Waals surface area contributed by atoms with E-state index in [4.69, 9.17) is 5.73 Å².